The normalized spacial score (nSPS) is 14.6. The number of nitrogens with zero attached hydrogens (tertiary/aromatic N) is 4. The molecule has 0 aromatic carbocycles. The number of carboxylic acid groups (broad SMARTS) is 1. The van der Waals surface area contributed by atoms with E-state index in [1.165, 1.54) is 23.1 Å². The second kappa shape index (κ2) is 12.0. The number of amides is 2. The number of rotatable bonds is 11. The molecule has 1 saturated carbocycles. The minimum Gasteiger partial charge on any atom is -0.465 e. The summed E-state index contributed by atoms with van der Waals surface area (Å²) in [6.45, 7) is 0.360. The maximum Gasteiger partial charge on any atom is 0.404 e. The summed E-state index contributed by atoms with van der Waals surface area (Å²) in [5.74, 6) is -1.40. The van der Waals surface area contributed by atoms with E-state index in [-0.39, 0.29) is 18.2 Å². The van der Waals surface area contributed by atoms with Crippen LogP contribution in [0.3, 0.4) is 0 Å². The van der Waals surface area contributed by atoms with E-state index < -0.39 is 23.7 Å². The van der Waals surface area contributed by atoms with Gasteiger partial charge in [-0.15, -0.1) is 11.3 Å². The van der Waals surface area contributed by atoms with E-state index in [0.29, 0.717) is 24.0 Å². The summed E-state index contributed by atoms with van der Waals surface area (Å²) in [6, 6.07) is 0. The van der Waals surface area contributed by atoms with Crippen LogP contribution in [0.2, 0.25) is 0 Å². The lowest BCUT2D eigenvalue weighted by Gasteiger charge is -2.22. The van der Waals surface area contributed by atoms with Crippen LogP contribution in [-0.2, 0) is 11.3 Å². The van der Waals surface area contributed by atoms with Gasteiger partial charge in [-0.05, 0) is 18.6 Å². The number of hydrazine groups is 1. The predicted molar refractivity (Wildman–Crippen MR) is 126 cm³/mol. The van der Waals surface area contributed by atoms with Gasteiger partial charge in [-0.2, -0.15) is 4.39 Å². The number of anilines is 2. The van der Waals surface area contributed by atoms with E-state index in [1.54, 1.807) is 24.4 Å². The smallest absolute Gasteiger partial charge is 0.404 e. The largest absolute Gasteiger partial charge is 0.465 e. The van der Waals surface area contributed by atoms with Gasteiger partial charge < -0.3 is 15.3 Å². The molecule has 1 aliphatic rings. The number of carbonyl (C=O) groups excluding carboxylic acids is 1. The molecule has 0 unspecified atom stereocenters. The minimum absolute atomic E-state index is 0.0105. The van der Waals surface area contributed by atoms with E-state index in [0.717, 1.165) is 30.7 Å². The molecule has 2 aromatic heterocycles. The second-order valence-corrected chi connectivity index (χ2v) is 9.61. The van der Waals surface area contributed by atoms with Crippen molar-refractivity contribution >= 4 is 46.7 Å². The van der Waals surface area contributed by atoms with Crippen LogP contribution in [0.5, 0.6) is 0 Å². The summed E-state index contributed by atoms with van der Waals surface area (Å²) in [5, 5.41) is 14.2. The Hall–Kier alpha value is -2.67. The van der Waals surface area contributed by atoms with Crippen LogP contribution >= 0.6 is 23.1 Å². The van der Waals surface area contributed by atoms with Gasteiger partial charge >= 0.3 is 6.09 Å². The third-order valence-corrected chi connectivity index (χ3v) is 6.79. The zero-order valence-electron chi connectivity index (χ0n) is 18.5. The number of thioether (sulfide) groups is 1. The Morgan fingerprint density at radius 2 is 2.12 bits per heavy atom. The van der Waals surface area contributed by atoms with Gasteiger partial charge in [0.2, 0.25) is 11.7 Å². The second-order valence-electron chi connectivity index (χ2n) is 7.86. The van der Waals surface area contributed by atoms with Gasteiger partial charge in [0.15, 0.2) is 16.8 Å². The van der Waals surface area contributed by atoms with E-state index in [9.17, 15) is 9.59 Å². The monoisotopic (exact) mass is 497 g/mol. The Balaban J connectivity index is 1.70. The lowest BCUT2D eigenvalue weighted by atomic mass is 9.92. The molecule has 10 nitrogen and oxygen atoms in total. The van der Waals surface area contributed by atoms with Crippen LogP contribution in [0.25, 0.3) is 0 Å². The number of aromatic nitrogens is 3. The van der Waals surface area contributed by atoms with Crippen molar-refractivity contribution in [3.8, 4) is 0 Å². The molecule has 0 saturated heterocycles. The average molecular weight is 498 g/mol. The van der Waals surface area contributed by atoms with Gasteiger partial charge in [0.05, 0.1) is 12.5 Å². The van der Waals surface area contributed by atoms with Gasteiger partial charge in [0.25, 0.3) is 0 Å². The molecular weight excluding hydrogens is 469 g/mol. The number of hydrogen-bond acceptors (Lipinski definition) is 9. The zero-order chi connectivity index (χ0) is 23.8. The molecule has 2 heterocycles. The summed E-state index contributed by atoms with van der Waals surface area (Å²) >= 11 is 2.71. The summed E-state index contributed by atoms with van der Waals surface area (Å²) in [5.41, 5.74) is 5.09. The van der Waals surface area contributed by atoms with Crippen molar-refractivity contribution in [1.82, 2.24) is 25.7 Å². The van der Waals surface area contributed by atoms with Crippen LogP contribution in [0, 0.1) is 17.7 Å². The summed E-state index contributed by atoms with van der Waals surface area (Å²) < 4.78 is 15.2. The Kier molecular flexibility index (Phi) is 9.06. The quantitative estimate of drug-likeness (QED) is 0.210. The van der Waals surface area contributed by atoms with Crippen molar-refractivity contribution in [2.24, 2.45) is 11.8 Å². The Morgan fingerprint density at radius 3 is 2.76 bits per heavy atom. The van der Waals surface area contributed by atoms with E-state index in [4.69, 9.17) is 5.11 Å². The topological polar surface area (TPSA) is 132 Å². The minimum atomic E-state index is -1.19. The van der Waals surface area contributed by atoms with Gasteiger partial charge in [0.1, 0.15) is 5.01 Å². The molecule has 1 aliphatic carbocycles. The number of nitrogens with one attached hydrogen (secondary N) is 3. The maximum atomic E-state index is 15.2. The Morgan fingerprint density at radius 1 is 1.36 bits per heavy atom. The SMILES string of the molecule is CSc1nc(NNC(=O)[C@@H](CNC(=O)O)CC2CCCC2)c(F)c(N(C)Cc2nccs2)n1. The first-order chi connectivity index (χ1) is 15.9. The highest BCUT2D eigenvalue weighted by atomic mass is 32.2. The summed E-state index contributed by atoms with van der Waals surface area (Å²) in [4.78, 5) is 38.0. The standard InChI is InChI=1S/C20H28FN7O3S2/c1-28(11-14-22-7-8-33-14)17-15(21)16(24-19(25-17)32-2)26-27-18(29)13(10-23-20(30)31)9-12-5-3-4-6-12/h7-8,12-13,23H,3-6,9-11H2,1-2H3,(H,27,29)(H,30,31)(H,24,25,26)/t13-/m1/s1. The first-order valence-electron chi connectivity index (χ1n) is 10.6. The average Bonchev–Trinajstić information content (AvgIpc) is 3.49. The van der Waals surface area contributed by atoms with E-state index in [2.05, 4.69) is 31.1 Å². The maximum absolute atomic E-state index is 15.2. The van der Waals surface area contributed by atoms with Gasteiger partial charge in [-0.25, -0.2) is 19.7 Å². The van der Waals surface area contributed by atoms with Crippen molar-refractivity contribution in [2.45, 2.75) is 43.8 Å². The van der Waals surface area contributed by atoms with Crippen LogP contribution in [0.1, 0.15) is 37.1 Å². The lowest BCUT2D eigenvalue weighted by Crippen LogP contribution is -2.42. The third-order valence-electron chi connectivity index (χ3n) is 5.48. The first-order valence-corrected chi connectivity index (χ1v) is 12.7. The molecule has 33 heavy (non-hydrogen) atoms. The number of halogens is 1. The van der Waals surface area contributed by atoms with Crippen LogP contribution < -0.4 is 21.1 Å². The van der Waals surface area contributed by atoms with Crippen molar-refractivity contribution in [3.05, 3.63) is 22.4 Å². The highest BCUT2D eigenvalue weighted by molar-refractivity contribution is 7.98. The molecule has 2 amide bonds. The lowest BCUT2D eigenvalue weighted by molar-refractivity contribution is -0.124. The molecule has 0 radical (unpaired) electrons. The first kappa shape index (κ1) is 25.0. The molecular formula is C20H28FN7O3S2. The molecule has 1 fully saturated rings. The molecule has 13 heteroatoms. The van der Waals surface area contributed by atoms with Gasteiger partial charge in [-0.3, -0.25) is 15.6 Å². The molecule has 0 aliphatic heterocycles. The Labute approximate surface area is 199 Å². The van der Waals surface area contributed by atoms with Crippen molar-refractivity contribution in [2.75, 3.05) is 30.2 Å². The fourth-order valence-corrected chi connectivity index (χ4v) is 4.85. The number of carbonyl (C=O) groups is 2. The summed E-state index contributed by atoms with van der Waals surface area (Å²) in [6.07, 6.45) is 7.11. The molecule has 180 valence electrons. The number of hydrogen-bond donors (Lipinski definition) is 4. The zero-order valence-corrected chi connectivity index (χ0v) is 20.1. The molecule has 3 rings (SSSR count). The fourth-order valence-electron chi connectivity index (χ4n) is 3.82. The van der Waals surface area contributed by atoms with Crippen LogP contribution in [0.4, 0.5) is 20.8 Å². The highest BCUT2D eigenvalue weighted by Gasteiger charge is 2.26. The molecule has 0 bridgehead atoms. The molecule has 1 atom stereocenters. The van der Waals surface area contributed by atoms with Crippen molar-refractivity contribution < 1.29 is 19.1 Å². The van der Waals surface area contributed by atoms with Crippen LogP contribution in [0.15, 0.2) is 16.7 Å². The van der Waals surface area contributed by atoms with Gasteiger partial charge in [-0.1, -0.05) is 37.4 Å². The molecule has 0 spiro atoms. The highest BCUT2D eigenvalue weighted by Crippen LogP contribution is 2.30. The summed E-state index contributed by atoms with van der Waals surface area (Å²) in [7, 11) is 1.70. The van der Waals surface area contributed by atoms with E-state index in [1.807, 2.05) is 5.38 Å². The van der Waals surface area contributed by atoms with Gasteiger partial charge in [0, 0.05) is 25.2 Å². The van der Waals surface area contributed by atoms with Crippen molar-refractivity contribution in [3.63, 3.8) is 0 Å². The molecule has 2 aromatic rings. The fraction of sp³-hybridized carbons (Fsp3) is 0.550. The predicted octanol–water partition coefficient (Wildman–Crippen LogP) is 3.34. The molecule has 4 N–H and O–H groups in total. The van der Waals surface area contributed by atoms with Crippen LogP contribution in [-0.4, -0.2) is 51.9 Å². The number of thiazole rings is 1. The van der Waals surface area contributed by atoms with Crippen molar-refractivity contribution in [1.29, 1.82) is 0 Å². The third kappa shape index (κ3) is 7.16. The Bertz CT molecular complexity index is 942. The van der Waals surface area contributed by atoms with E-state index >= 15 is 4.39 Å².